The smallest absolute Gasteiger partial charge is 0.420 e. The summed E-state index contributed by atoms with van der Waals surface area (Å²) in [5, 5.41) is 0. The Morgan fingerprint density at radius 3 is 1.38 bits per heavy atom. The van der Waals surface area contributed by atoms with E-state index >= 15 is 0 Å². The van der Waals surface area contributed by atoms with Gasteiger partial charge in [-0.2, -0.15) is 0 Å². The molecule has 0 aliphatic carbocycles. The fourth-order valence-electron chi connectivity index (χ4n) is 2.01. The summed E-state index contributed by atoms with van der Waals surface area (Å²) in [5.74, 6) is 21.0. The third-order valence-corrected chi connectivity index (χ3v) is 3.12. The molecule has 0 aliphatic heterocycles. The second-order valence-corrected chi connectivity index (χ2v) is 8.20. The van der Waals surface area contributed by atoms with Crippen LogP contribution in [0.1, 0.15) is 53.2 Å². The molecular formula is C24H22N4O4. The van der Waals surface area contributed by atoms with Crippen molar-refractivity contribution in [3.63, 3.8) is 0 Å². The van der Waals surface area contributed by atoms with E-state index in [1.807, 2.05) is 0 Å². The van der Waals surface area contributed by atoms with Gasteiger partial charge in [-0.3, -0.25) is 0 Å². The molecule has 2 aromatic rings. The Labute approximate surface area is 187 Å². The summed E-state index contributed by atoms with van der Waals surface area (Å²) < 4.78 is 13.0. The van der Waals surface area contributed by atoms with E-state index in [9.17, 15) is 9.59 Å². The lowest BCUT2D eigenvalue weighted by Gasteiger charge is -2.19. The van der Waals surface area contributed by atoms with Crippen LogP contribution in [0.5, 0.6) is 0 Å². The summed E-state index contributed by atoms with van der Waals surface area (Å²) >= 11 is 0. The van der Waals surface area contributed by atoms with E-state index in [0.717, 1.165) is 0 Å². The van der Waals surface area contributed by atoms with Gasteiger partial charge in [0.05, 0.1) is 0 Å². The standard InChI is InChI=1S/C24H22N4O4/c1-23(2,3)31-21(29)27-17-15-25-19(27)13-11-9-7-8-10-12-14-20-26-16-18-28(20)22(30)32-24(4,5)6/h15-18H,1-6H3. The van der Waals surface area contributed by atoms with Gasteiger partial charge in [-0.1, -0.05) is 0 Å². The number of hydrogen-bond donors (Lipinski definition) is 0. The molecule has 2 rings (SSSR count). The van der Waals surface area contributed by atoms with Crippen LogP contribution < -0.4 is 0 Å². The highest BCUT2D eigenvalue weighted by Crippen LogP contribution is 2.10. The number of aromatic nitrogens is 4. The van der Waals surface area contributed by atoms with Gasteiger partial charge in [0.1, 0.15) is 11.2 Å². The molecule has 2 aromatic heterocycles. The van der Waals surface area contributed by atoms with Crippen LogP contribution in [0.15, 0.2) is 24.8 Å². The Morgan fingerprint density at radius 2 is 1.03 bits per heavy atom. The van der Waals surface area contributed by atoms with E-state index in [1.165, 1.54) is 33.9 Å². The third-order valence-electron chi connectivity index (χ3n) is 3.12. The van der Waals surface area contributed by atoms with Crippen molar-refractivity contribution >= 4 is 12.2 Å². The van der Waals surface area contributed by atoms with Gasteiger partial charge in [0.25, 0.3) is 0 Å². The molecule has 0 amide bonds. The van der Waals surface area contributed by atoms with Gasteiger partial charge in [-0.15, -0.1) is 0 Å². The normalized spacial score (nSPS) is 10.1. The molecule has 0 radical (unpaired) electrons. The first-order valence-corrected chi connectivity index (χ1v) is 9.52. The predicted octanol–water partition coefficient (Wildman–Crippen LogP) is 3.06. The van der Waals surface area contributed by atoms with Crippen LogP contribution in [-0.4, -0.2) is 42.5 Å². The molecule has 0 aromatic carbocycles. The SMILES string of the molecule is CC(C)(C)OC(=O)n1ccnc1C#CC#CC#CC#Cc1nccn1C(=O)OC(C)(C)C. The van der Waals surface area contributed by atoms with Gasteiger partial charge in [-0.25, -0.2) is 28.7 Å². The lowest BCUT2D eigenvalue weighted by Crippen LogP contribution is -2.27. The highest BCUT2D eigenvalue weighted by atomic mass is 16.6. The summed E-state index contributed by atoms with van der Waals surface area (Å²) in [6, 6.07) is 0. The van der Waals surface area contributed by atoms with Gasteiger partial charge in [0.15, 0.2) is 11.6 Å². The fraction of sp³-hybridized carbons (Fsp3) is 0.333. The fourth-order valence-corrected chi connectivity index (χ4v) is 2.01. The van der Waals surface area contributed by atoms with Gasteiger partial charge in [0, 0.05) is 24.8 Å². The number of rotatable bonds is 0. The van der Waals surface area contributed by atoms with Gasteiger partial charge < -0.3 is 9.47 Å². The van der Waals surface area contributed by atoms with Crippen molar-refractivity contribution in [3.8, 4) is 47.4 Å². The molecule has 8 heteroatoms. The quantitative estimate of drug-likeness (QED) is 0.597. The lowest BCUT2D eigenvalue weighted by molar-refractivity contribution is 0.0524. The highest BCUT2D eigenvalue weighted by Gasteiger charge is 2.20. The van der Waals surface area contributed by atoms with Crippen LogP contribution in [-0.2, 0) is 9.47 Å². The second-order valence-electron chi connectivity index (χ2n) is 8.20. The van der Waals surface area contributed by atoms with E-state index in [0.29, 0.717) is 0 Å². The van der Waals surface area contributed by atoms with Crippen LogP contribution in [0.4, 0.5) is 9.59 Å². The Hall–Kier alpha value is -4.40. The van der Waals surface area contributed by atoms with Crippen molar-refractivity contribution in [2.24, 2.45) is 0 Å². The van der Waals surface area contributed by atoms with Crippen LogP contribution in [0.2, 0.25) is 0 Å². The Balaban J connectivity index is 2.03. The number of hydrogen-bond acceptors (Lipinski definition) is 6. The maximum Gasteiger partial charge on any atom is 0.420 e. The van der Waals surface area contributed by atoms with Gasteiger partial charge >= 0.3 is 12.2 Å². The summed E-state index contributed by atoms with van der Waals surface area (Å²) in [6.07, 6.45) is 4.65. The Kier molecular flexibility index (Phi) is 7.52. The minimum Gasteiger partial charge on any atom is -0.443 e. The first-order chi connectivity index (χ1) is 15.0. The summed E-state index contributed by atoms with van der Waals surface area (Å²) in [7, 11) is 0. The zero-order valence-electron chi connectivity index (χ0n) is 18.7. The van der Waals surface area contributed by atoms with Crippen molar-refractivity contribution in [2.75, 3.05) is 0 Å². The number of nitrogens with zero attached hydrogens (tertiary/aromatic N) is 4. The average molecular weight is 430 g/mol. The van der Waals surface area contributed by atoms with E-state index < -0.39 is 23.4 Å². The minimum atomic E-state index is -0.632. The van der Waals surface area contributed by atoms with Crippen LogP contribution >= 0.6 is 0 Å². The molecule has 0 bridgehead atoms. The monoisotopic (exact) mass is 430 g/mol. The number of carbonyl (C=O) groups is 2. The topological polar surface area (TPSA) is 88.2 Å². The molecule has 0 saturated carbocycles. The lowest BCUT2D eigenvalue weighted by atomic mass is 10.2. The molecule has 8 nitrogen and oxygen atoms in total. The molecule has 0 N–H and O–H groups in total. The highest BCUT2D eigenvalue weighted by molar-refractivity contribution is 5.73. The maximum absolute atomic E-state index is 12.1. The van der Waals surface area contributed by atoms with Crippen LogP contribution in [0.25, 0.3) is 0 Å². The van der Waals surface area contributed by atoms with Crippen molar-refractivity contribution in [3.05, 3.63) is 36.4 Å². The van der Waals surface area contributed by atoms with E-state index in [2.05, 4.69) is 57.3 Å². The van der Waals surface area contributed by atoms with Crippen molar-refractivity contribution in [2.45, 2.75) is 52.7 Å². The minimum absolute atomic E-state index is 0.204. The molecule has 0 atom stereocenters. The molecule has 0 saturated heterocycles. The Bertz CT molecular complexity index is 1150. The zero-order valence-corrected chi connectivity index (χ0v) is 18.7. The van der Waals surface area contributed by atoms with Crippen molar-refractivity contribution in [1.29, 1.82) is 0 Å². The summed E-state index contributed by atoms with van der Waals surface area (Å²) in [6.45, 7) is 10.6. The maximum atomic E-state index is 12.1. The molecular weight excluding hydrogens is 408 g/mol. The number of imidazole rings is 2. The summed E-state index contributed by atoms with van der Waals surface area (Å²) in [5.41, 5.74) is -1.26. The van der Waals surface area contributed by atoms with Crippen molar-refractivity contribution in [1.82, 2.24) is 19.1 Å². The molecule has 0 fully saturated rings. The molecule has 0 aliphatic rings. The van der Waals surface area contributed by atoms with E-state index in [4.69, 9.17) is 9.47 Å². The van der Waals surface area contributed by atoms with Crippen LogP contribution in [0.3, 0.4) is 0 Å². The number of carbonyl (C=O) groups excluding carboxylic acids is 2. The third kappa shape index (κ3) is 7.79. The molecule has 0 spiro atoms. The predicted molar refractivity (Wildman–Crippen MR) is 117 cm³/mol. The molecule has 162 valence electrons. The zero-order chi connectivity index (χ0) is 23.8. The van der Waals surface area contributed by atoms with Crippen molar-refractivity contribution < 1.29 is 19.1 Å². The van der Waals surface area contributed by atoms with Crippen LogP contribution in [0, 0.1) is 47.4 Å². The first-order valence-electron chi connectivity index (χ1n) is 9.52. The van der Waals surface area contributed by atoms with E-state index in [1.54, 1.807) is 41.5 Å². The van der Waals surface area contributed by atoms with Gasteiger partial charge in [-0.05, 0) is 88.9 Å². The average Bonchev–Trinajstić information content (AvgIpc) is 3.30. The molecule has 2 heterocycles. The van der Waals surface area contributed by atoms with Gasteiger partial charge in [0.2, 0.25) is 0 Å². The Morgan fingerprint density at radius 1 is 0.688 bits per heavy atom. The molecule has 0 unspecified atom stereocenters. The molecule has 32 heavy (non-hydrogen) atoms. The second kappa shape index (κ2) is 10.1. The largest absolute Gasteiger partial charge is 0.443 e. The van der Waals surface area contributed by atoms with E-state index in [-0.39, 0.29) is 11.6 Å². The number of ether oxygens (including phenoxy) is 2. The first kappa shape index (κ1) is 23.9. The summed E-state index contributed by atoms with van der Waals surface area (Å²) in [4.78, 5) is 32.2.